The van der Waals surface area contributed by atoms with Crippen LogP contribution in [-0.2, 0) is 11.8 Å². The van der Waals surface area contributed by atoms with Gasteiger partial charge in [-0.2, -0.15) is 0 Å². The van der Waals surface area contributed by atoms with Crippen molar-refractivity contribution in [1.29, 1.82) is 0 Å². The van der Waals surface area contributed by atoms with Gasteiger partial charge in [-0.1, -0.05) is 111 Å². The van der Waals surface area contributed by atoms with Crippen molar-refractivity contribution >= 4 is 44.1 Å². The molecule has 1 aliphatic rings. The maximum atomic E-state index is 4.68. The van der Waals surface area contributed by atoms with Crippen LogP contribution in [0.5, 0.6) is 0 Å². The van der Waals surface area contributed by atoms with Crippen LogP contribution in [0.1, 0.15) is 25.0 Å². The first-order chi connectivity index (χ1) is 30.9. The maximum absolute atomic E-state index is 4.68. The molecule has 0 saturated carbocycles. The zero-order chi connectivity index (χ0) is 42.5. The second kappa shape index (κ2) is 15.5. The second-order valence-electron chi connectivity index (χ2n) is 16.8. The summed E-state index contributed by atoms with van der Waals surface area (Å²) < 4.78 is 4.71. The van der Waals surface area contributed by atoms with Gasteiger partial charge in [-0.05, 0) is 137 Å². The van der Waals surface area contributed by atoms with Crippen LogP contribution in [0.15, 0.2) is 231 Å². The maximum Gasteiger partial charge on any atom is 0.159 e. The molecule has 7 aromatic carbocycles. The van der Waals surface area contributed by atoms with Gasteiger partial charge >= 0.3 is 0 Å². The van der Waals surface area contributed by atoms with Crippen molar-refractivity contribution in [2.75, 3.05) is 4.90 Å². The normalized spacial score (nSPS) is 15.0. The predicted octanol–water partition coefficient (Wildman–Crippen LogP) is 14.5. The Balaban J connectivity index is 1.02. The first-order valence-electron chi connectivity index (χ1n) is 21.6. The van der Waals surface area contributed by atoms with E-state index < -0.39 is 0 Å². The number of aromatic nitrogens is 4. The Morgan fingerprint density at radius 3 is 1.94 bits per heavy atom. The predicted molar refractivity (Wildman–Crippen MR) is 262 cm³/mol. The highest BCUT2D eigenvalue weighted by atomic mass is 15.1. The van der Waals surface area contributed by atoms with Crippen molar-refractivity contribution in [2.45, 2.75) is 25.7 Å². The smallest absolute Gasteiger partial charge is 0.159 e. The number of nitrogens with zero attached hydrogens (tertiary/aromatic N) is 5. The average molecular weight is 812 g/mol. The lowest BCUT2D eigenvalue weighted by Crippen LogP contribution is -2.22. The molecule has 0 N–H and O–H groups in total. The number of hydrogen-bond acceptors (Lipinski definition) is 3. The van der Waals surface area contributed by atoms with E-state index in [1.54, 1.807) is 12.4 Å². The Morgan fingerprint density at radius 2 is 1.21 bits per heavy atom. The van der Waals surface area contributed by atoms with Crippen LogP contribution in [0, 0.1) is 0 Å². The van der Waals surface area contributed by atoms with Gasteiger partial charge in [-0.25, -0.2) is 9.97 Å². The van der Waals surface area contributed by atoms with Gasteiger partial charge in [-0.15, -0.1) is 0 Å². The summed E-state index contributed by atoms with van der Waals surface area (Å²) in [5, 5.41) is 3.66. The molecule has 0 atom stereocenters. The Hall–Kier alpha value is -8.02. The van der Waals surface area contributed by atoms with Gasteiger partial charge in [0.15, 0.2) is 5.82 Å². The topological polar surface area (TPSA) is 38.9 Å². The summed E-state index contributed by atoms with van der Waals surface area (Å²) >= 11 is 0. The van der Waals surface area contributed by atoms with Crippen molar-refractivity contribution in [1.82, 2.24) is 19.1 Å². The van der Waals surface area contributed by atoms with E-state index >= 15 is 0 Å². The Kier molecular flexibility index (Phi) is 9.31. The lowest BCUT2D eigenvalue weighted by Gasteiger charge is -2.31. The van der Waals surface area contributed by atoms with Crippen LogP contribution >= 0.6 is 0 Å². The molecule has 0 unspecified atom stereocenters. The third kappa shape index (κ3) is 6.66. The minimum atomic E-state index is -0.266. The molecular weight excluding hydrogens is 767 g/mol. The third-order valence-electron chi connectivity index (χ3n) is 12.8. The molecular formula is C58H45N5. The van der Waals surface area contributed by atoms with E-state index in [4.69, 9.17) is 0 Å². The summed E-state index contributed by atoms with van der Waals surface area (Å²) in [7, 11) is 0. The lowest BCUT2D eigenvalue weighted by atomic mass is 9.75. The zero-order valence-corrected chi connectivity index (χ0v) is 35.4. The molecule has 0 aliphatic heterocycles. The van der Waals surface area contributed by atoms with E-state index in [2.05, 4.69) is 239 Å². The third-order valence-corrected chi connectivity index (χ3v) is 12.8. The average Bonchev–Trinajstić information content (AvgIpc) is 3.93. The number of fused-ring (bicyclic) bond motifs is 6. The highest BCUT2D eigenvalue weighted by molar-refractivity contribution is 6.19. The summed E-state index contributed by atoms with van der Waals surface area (Å²) in [6, 6.07) is 63.1. The molecule has 0 amide bonds. The number of allylic oxidation sites excluding steroid dienone is 4. The summed E-state index contributed by atoms with van der Waals surface area (Å²) in [4.78, 5) is 11.3. The first-order valence-corrected chi connectivity index (χ1v) is 21.6. The number of hydrogen-bond donors (Lipinski definition) is 0. The van der Waals surface area contributed by atoms with E-state index in [0.29, 0.717) is 5.82 Å². The monoisotopic (exact) mass is 811 g/mol. The lowest BCUT2D eigenvalue weighted by molar-refractivity contribution is 0.634. The molecule has 3 heterocycles. The SMILES string of the molecule is C=C1/C=C(N(c2ccc(-c3ccc4c(c3)c3ccc5c(ccn5-c5ccccc5)c3n4-c3ccccc3)cc2)c2ccc(-c3ncccn3)cc2)\C=C/Cc2ccccc2C1(C)C. The van der Waals surface area contributed by atoms with E-state index in [-0.39, 0.29) is 5.41 Å². The molecule has 1 aliphatic carbocycles. The van der Waals surface area contributed by atoms with Gasteiger partial charge in [0.2, 0.25) is 0 Å². The van der Waals surface area contributed by atoms with Crippen LogP contribution in [0.2, 0.25) is 0 Å². The molecule has 0 spiro atoms. The quantitative estimate of drug-likeness (QED) is 0.161. The molecule has 0 bridgehead atoms. The molecule has 3 aromatic heterocycles. The molecule has 11 rings (SSSR count). The van der Waals surface area contributed by atoms with E-state index in [1.807, 2.05) is 6.07 Å². The Bertz CT molecular complexity index is 3370. The van der Waals surface area contributed by atoms with Crippen molar-refractivity contribution < 1.29 is 0 Å². The van der Waals surface area contributed by atoms with Crippen molar-refractivity contribution in [3.8, 4) is 33.9 Å². The highest BCUT2D eigenvalue weighted by Gasteiger charge is 2.27. The molecule has 0 saturated heterocycles. The van der Waals surface area contributed by atoms with Crippen LogP contribution in [-0.4, -0.2) is 19.1 Å². The van der Waals surface area contributed by atoms with Crippen molar-refractivity contribution in [2.24, 2.45) is 0 Å². The molecule has 5 nitrogen and oxygen atoms in total. The fourth-order valence-electron chi connectivity index (χ4n) is 9.36. The largest absolute Gasteiger partial charge is 0.316 e. The fourth-order valence-corrected chi connectivity index (χ4v) is 9.36. The van der Waals surface area contributed by atoms with Gasteiger partial charge in [-0.3, -0.25) is 0 Å². The molecule has 0 radical (unpaired) electrons. The minimum absolute atomic E-state index is 0.266. The molecule has 5 heteroatoms. The van der Waals surface area contributed by atoms with E-state index in [1.165, 1.54) is 43.8 Å². The number of anilines is 2. The number of benzene rings is 7. The van der Waals surface area contributed by atoms with Crippen LogP contribution in [0.3, 0.4) is 0 Å². The summed E-state index contributed by atoms with van der Waals surface area (Å²) in [6.45, 7) is 9.23. The second-order valence-corrected chi connectivity index (χ2v) is 16.8. The van der Waals surface area contributed by atoms with Gasteiger partial charge < -0.3 is 14.0 Å². The molecule has 63 heavy (non-hydrogen) atoms. The summed E-state index contributed by atoms with van der Waals surface area (Å²) in [6.07, 6.45) is 13.4. The standard InChI is InChI=1S/C58H45N5/c1-40-38-49(20-12-15-42-14-10-11-21-53(42)58(40,2)3)62(48-29-24-43(25-30-48)57-59-35-13-36-60-57)47-27-22-41(23-28-47)44-26-32-55-52(39-44)50-31-33-54-51(34-37-61(54)45-16-6-4-7-17-45)56(50)63(55)46-18-8-5-9-19-46/h4-14,16-39H,1,15H2,2-3H3/b20-12-,49-38+. The zero-order valence-electron chi connectivity index (χ0n) is 35.4. The van der Waals surface area contributed by atoms with E-state index in [9.17, 15) is 0 Å². The van der Waals surface area contributed by atoms with Gasteiger partial charge in [0.1, 0.15) is 0 Å². The van der Waals surface area contributed by atoms with Crippen molar-refractivity contribution in [3.05, 3.63) is 242 Å². The van der Waals surface area contributed by atoms with Gasteiger partial charge in [0, 0.05) is 74.2 Å². The van der Waals surface area contributed by atoms with Gasteiger partial charge in [0.25, 0.3) is 0 Å². The van der Waals surface area contributed by atoms with E-state index in [0.717, 1.165) is 57.1 Å². The number of rotatable bonds is 7. The number of para-hydroxylation sites is 2. The fraction of sp³-hybridized carbons (Fsp3) is 0.0690. The van der Waals surface area contributed by atoms with Crippen LogP contribution in [0.25, 0.3) is 66.6 Å². The molecule has 0 fully saturated rings. The Morgan fingerprint density at radius 1 is 0.571 bits per heavy atom. The van der Waals surface area contributed by atoms with Crippen LogP contribution in [0.4, 0.5) is 11.4 Å². The molecule has 302 valence electrons. The van der Waals surface area contributed by atoms with Crippen LogP contribution < -0.4 is 4.90 Å². The van der Waals surface area contributed by atoms with Gasteiger partial charge in [0.05, 0.1) is 16.6 Å². The van der Waals surface area contributed by atoms with Crippen molar-refractivity contribution in [3.63, 3.8) is 0 Å². The highest BCUT2D eigenvalue weighted by Crippen LogP contribution is 2.42. The molecule has 10 aromatic rings. The Labute approximate surface area is 367 Å². The summed E-state index contributed by atoms with van der Waals surface area (Å²) in [5.74, 6) is 0.702. The first kappa shape index (κ1) is 37.9. The summed E-state index contributed by atoms with van der Waals surface area (Å²) in [5.41, 5.74) is 15.7. The minimum Gasteiger partial charge on any atom is -0.316 e.